The molecule has 3 heterocycles. The van der Waals surface area contributed by atoms with Gasteiger partial charge in [-0.3, -0.25) is 9.78 Å². The Morgan fingerprint density at radius 2 is 2.18 bits per heavy atom. The zero-order valence-corrected chi connectivity index (χ0v) is 9.13. The van der Waals surface area contributed by atoms with Crippen molar-refractivity contribution in [3.63, 3.8) is 0 Å². The second-order valence-corrected chi connectivity index (χ2v) is 3.65. The number of hydrogen-bond acceptors (Lipinski definition) is 5. The van der Waals surface area contributed by atoms with Crippen LogP contribution in [0.3, 0.4) is 0 Å². The summed E-state index contributed by atoms with van der Waals surface area (Å²) in [6, 6.07) is 1.58. The van der Waals surface area contributed by atoms with E-state index in [2.05, 4.69) is 15.1 Å². The molecule has 0 N–H and O–H groups in total. The van der Waals surface area contributed by atoms with Crippen LogP contribution in [-0.2, 0) is 0 Å². The van der Waals surface area contributed by atoms with E-state index >= 15 is 0 Å². The minimum absolute atomic E-state index is 0.198. The SMILES string of the molecule is O=c1c2ccoc2cnn1-c1cncc(Cl)n1. The maximum Gasteiger partial charge on any atom is 0.284 e. The average Bonchev–Trinajstić information content (AvgIpc) is 2.78. The molecule has 0 aromatic carbocycles. The molecule has 17 heavy (non-hydrogen) atoms. The molecule has 0 saturated carbocycles. The van der Waals surface area contributed by atoms with Crippen molar-refractivity contribution >= 4 is 22.6 Å². The van der Waals surface area contributed by atoms with Gasteiger partial charge in [0.25, 0.3) is 5.56 Å². The van der Waals surface area contributed by atoms with Gasteiger partial charge in [-0.25, -0.2) is 4.98 Å². The Kier molecular flexibility index (Phi) is 2.15. The van der Waals surface area contributed by atoms with Gasteiger partial charge in [-0.05, 0) is 6.07 Å². The lowest BCUT2D eigenvalue weighted by Gasteiger charge is -2.01. The van der Waals surface area contributed by atoms with Crippen LogP contribution in [0.1, 0.15) is 0 Å². The number of halogens is 1. The Morgan fingerprint density at radius 3 is 3.00 bits per heavy atom. The third-order valence-electron chi connectivity index (χ3n) is 2.22. The summed E-state index contributed by atoms with van der Waals surface area (Å²) >= 11 is 5.71. The smallest absolute Gasteiger partial charge is 0.284 e. The number of rotatable bonds is 1. The Bertz CT molecular complexity index is 749. The highest BCUT2D eigenvalue weighted by Gasteiger charge is 2.09. The lowest BCUT2D eigenvalue weighted by Crippen LogP contribution is -2.21. The number of hydrogen-bond donors (Lipinski definition) is 0. The monoisotopic (exact) mass is 248 g/mol. The minimum atomic E-state index is -0.326. The molecule has 7 heteroatoms. The minimum Gasteiger partial charge on any atom is -0.462 e. The van der Waals surface area contributed by atoms with E-state index in [4.69, 9.17) is 16.0 Å². The lowest BCUT2D eigenvalue weighted by molar-refractivity contribution is 0.610. The fourth-order valence-corrected chi connectivity index (χ4v) is 1.62. The number of furan rings is 1. The fraction of sp³-hybridized carbons (Fsp3) is 0. The Hall–Kier alpha value is -2.21. The maximum absolute atomic E-state index is 12.0. The highest BCUT2D eigenvalue weighted by atomic mass is 35.5. The molecule has 3 aromatic rings. The van der Waals surface area contributed by atoms with Gasteiger partial charge in [0.2, 0.25) is 0 Å². The third-order valence-corrected chi connectivity index (χ3v) is 2.40. The predicted molar refractivity (Wildman–Crippen MR) is 60.2 cm³/mol. The van der Waals surface area contributed by atoms with Gasteiger partial charge < -0.3 is 4.42 Å². The van der Waals surface area contributed by atoms with E-state index in [1.807, 2.05) is 0 Å². The van der Waals surface area contributed by atoms with Crippen molar-refractivity contribution in [2.24, 2.45) is 0 Å². The summed E-state index contributed by atoms with van der Waals surface area (Å²) in [5.41, 5.74) is 0.106. The Balaban J connectivity index is 2.31. The highest BCUT2D eigenvalue weighted by Crippen LogP contribution is 2.10. The molecular formula is C10H5ClN4O2. The topological polar surface area (TPSA) is 73.8 Å². The summed E-state index contributed by atoms with van der Waals surface area (Å²) in [6.07, 6.45) is 5.67. The lowest BCUT2D eigenvalue weighted by atomic mass is 10.4. The van der Waals surface area contributed by atoms with Crippen LogP contribution >= 0.6 is 11.6 Å². The van der Waals surface area contributed by atoms with Crippen LogP contribution < -0.4 is 5.56 Å². The molecule has 0 aliphatic carbocycles. The molecule has 3 aromatic heterocycles. The molecular weight excluding hydrogens is 244 g/mol. The van der Waals surface area contributed by atoms with Crippen molar-refractivity contribution in [2.75, 3.05) is 0 Å². The molecule has 0 atom stereocenters. The van der Waals surface area contributed by atoms with Crippen LogP contribution in [0, 0.1) is 0 Å². The molecule has 0 radical (unpaired) electrons. The van der Waals surface area contributed by atoms with Crippen molar-refractivity contribution in [2.45, 2.75) is 0 Å². The van der Waals surface area contributed by atoms with E-state index in [1.165, 1.54) is 24.9 Å². The summed E-state index contributed by atoms with van der Waals surface area (Å²) in [5.74, 6) is 0.269. The van der Waals surface area contributed by atoms with Gasteiger partial charge in [0.15, 0.2) is 11.4 Å². The number of aromatic nitrogens is 4. The van der Waals surface area contributed by atoms with Crippen LogP contribution in [0.2, 0.25) is 5.15 Å². The standard InChI is InChI=1S/C10H5ClN4O2/c11-8-4-12-5-9(14-8)15-10(16)6-1-2-17-7(6)3-13-15/h1-5H. The third kappa shape index (κ3) is 1.58. The first-order valence-corrected chi connectivity index (χ1v) is 5.07. The van der Waals surface area contributed by atoms with E-state index in [-0.39, 0.29) is 16.5 Å². The van der Waals surface area contributed by atoms with Gasteiger partial charge in [-0.1, -0.05) is 11.6 Å². The first-order valence-electron chi connectivity index (χ1n) is 4.69. The summed E-state index contributed by atoms with van der Waals surface area (Å²) in [5, 5.41) is 4.57. The Labute approximate surface area is 99.5 Å². The van der Waals surface area contributed by atoms with E-state index < -0.39 is 0 Å². The van der Waals surface area contributed by atoms with E-state index in [9.17, 15) is 4.79 Å². The zero-order valence-electron chi connectivity index (χ0n) is 8.37. The van der Waals surface area contributed by atoms with Gasteiger partial charge in [-0.15, -0.1) is 0 Å². The van der Waals surface area contributed by atoms with Crippen molar-refractivity contribution in [1.29, 1.82) is 0 Å². The predicted octanol–water partition coefficient (Wildman–Crippen LogP) is 1.42. The molecule has 0 fully saturated rings. The molecule has 0 bridgehead atoms. The van der Waals surface area contributed by atoms with Crippen LogP contribution in [0.5, 0.6) is 0 Å². The normalized spacial score (nSPS) is 10.9. The van der Waals surface area contributed by atoms with Crippen molar-refractivity contribution < 1.29 is 4.42 Å². The van der Waals surface area contributed by atoms with Crippen molar-refractivity contribution in [1.82, 2.24) is 19.7 Å². The van der Waals surface area contributed by atoms with Crippen molar-refractivity contribution in [3.05, 3.63) is 46.4 Å². The second-order valence-electron chi connectivity index (χ2n) is 3.26. The highest BCUT2D eigenvalue weighted by molar-refractivity contribution is 6.29. The molecule has 0 aliphatic heterocycles. The summed E-state index contributed by atoms with van der Waals surface area (Å²) in [4.78, 5) is 19.9. The fourth-order valence-electron chi connectivity index (χ4n) is 1.47. The van der Waals surface area contributed by atoms with Gasteiger partial charge in [0.05, 0.1) is 30.2 Å². The van der Waals surface area contributed by atoms with Crippen molar-refractivity contribution in [3.8, 4) is 5.82 Å². The average molecular weight is 249 g/mol. The second kappa shape index (κ2) is 3.67. The number of nitrogens with zero attached hydrogens (tertiary/aromatic N) is 4. The first-order chi connectivity index (χ1) is 8.25. The number of fused-ring (bicyclic) bond motifs is 1. The molecule has 0 unspecified atom stereocenters. The Morgan fingerprint density at radius 1 is 1.29 bits per heavy atom. The van der Waals surface area contributed by atoms with Crippen LogP contribution in [-0.4, -0.2) is 19.7 Å². The van der Waals surface area contributed by atoms with E-state index in [0.717, 1.165) is 4.68 Å². The van der Waals surface area contributed by atoms with Gasteiger partial charge in [0, 0.05) is 0 Å². The molecule has 0 amide bonds. The summed E-state index contributed by atoms with van der Waals surface area (Å²) in [7, 11) is 0. The molecule has 3 rings (SSSR count). The summed E-state index contributed by atoms with van der Waals surface area (Å²) < 4.78 is 6.20. The largest absolute Gasteiger partial charge is 0.462 e. The molecule has 0 spiro atoms. The molecule has 0 saturated heterocycles. The van der Waals surface area contributed by atoms with E-state index in [0.29, 0.717) is 11.0 Å². The summed E-state index contributed by atoms with van der Waals surface area (Å²) in [6.45, 7) is 0. The molecule has 84 valence electrons. The maximum atomic E-state index is 12.0. The quantitative estimate of drug-likeness (QED) is 0.651. The molecule has 6 nitrogen and oxygen atoms in total. The van der Waals surface area contributed by atoms with Crippen LogP contribution in [0.4, 0.5) is 0 Å². The van der Waals surface area contributed by atoms with Gasteiger partial charge in [0.1, 0.15) is 5.15 Å². The molecule has 0 aliphatic rings. The van der Waals surface area contributed by atoms with Crippen LogP contribution in [0.25, 0.3) is 16.8 Å². The first kappa shape index (κ1) is 9.98. The van der Waals surface area contributed by atoms with Gasteiger partial charge >= 0.3 is 0 Å². The van der Waals surface area contributed by atoms with E-state index in [1.54, 1.807) is 6.07 Å². The van der Waals surface area contributed by atoms with Crippen LogP contribution in [0.15, 0.2) is 40.1 Å². The van der Waals surface area contributed by atoms with Gasteiger partial charge in [-0.2, -0.15) is 9.78 Å². The zero-order chi connectivity index (χ0) is 11.8.